The Morgan fingerprint density at radius 1 is 1.18 bits per heavy atom. The van der Waals surface area contributed by atoms with Crippen LogP contribution >= 0.6 is 11.8 Å². The predicted molar refractivity (Wildman–Crippen MR) is 163 cm³/mol. The maximum Gasteiger partial charge on any atom is 0.411 e. The summed E-state index contributed by atoms with van der Waals surface area (Å²) in [6, 6.07) is 4.02. The molecule has 44 heavy (non-hydrogen) atoms. The summed E-state index contributed by atoms with van der Waals surface area (Å²) in [5, 5.41) is 15.3. The van der Waals surface area contributed by atoms with Gasteiger partial charge in [-0.05, 0) is 55.4 Å². The number of nitrogens with one attached hydrogen (secondary N) is 2. The number of pyridine rings is 2. The summed E-state index contributed by atoms with van der Waals surface area (Å²) in [5.74, 6) is -1.12. The van der Waals surface area contributed by atoms with Crippen LogP contribution < -0.4 is 16.1 Å². The number of carboxylic acids is 1. The molecule has 0 bridgehead atoms. The molecule has 2 aromatic heterocycles. The Bertz CT molecular complexity index is 1650. The van der Waals surface area contributed by atoms with E-state index < -0.39 is 29.6 Å². The highest BCUT2D eigenvalue weighted by molar-refractivity contribution is 8.14. The van der Waals surface area contributed by atoms with Gasteiger partial charge in [-0.3, -0.25) is 15.1 Å². The zero-order chi connectivity index (χ0) is 31.4. The molecule has 0 spiro atoms. The number of halogens is 3. The third-order valence-electron chi connectivity index (χ3n) is 7.68. The molecule has 14 heteroatoms. The molecule has 0 saturated carbocycles. The third kappa shape index (κ3) is 7.07. The van der Waals surface area contributed by atoms with E-state index in [-0.39, 0.29) is 27.6 Å². The predicted octanol–water partition coefficient (Wildman–Crippen LogP) is 5.53. The number of ether oxygens (including phenoxy) is 1. The molecule has 1 atom stereocenters. The fraction of sp³-hybridized carbons (Fsp3) is 0.433. The lowest BCUT2D eigenvalue weighted by molar-refractivity contribution is -0.141. The van der Waals surface area contributed by atoms with E-state index >= 15 is 0 Å². The number of aromatic nitrogens is 2. The normalized spacial score (nSPS) is 17.5. The molecule has 1 aromatic carbocycles. The van der Waals surface area contributed by atoms with Crippen molar-refractivity contribution in [3.8, 4) is 11.1 Å². The molecule has 234 valence electrons. The number of fused-ring (bicyclic) bond motifs is 1. The summed E-state index contributed by atoms with van der Waals surface area (Å²) in [5.41, 5.74) is 0.630. The minimum Gasteiger partial charge on any atom is -0.477 e. The second-order valence-corrected chi connectivity index (χ2v) is 11.8. The van der Waals surface area contributed by atoms with E-state index in [1.54, 1.807) is 16.7 Å². The minimum atomic E-state index is -4.52. The van der Waals surface area contributed by atoms with Crippen LogP contribution in [0, 0.1) is 5.92 Å². The fourth-order valence-electron chi connectivity index (χ4n) is 5.28. The van der Waals surface area contributed by atoms with Gasteiger partial charge in [-0.1, -0.05) is 13.0 Å². The number of urea groups is 1. The van der Waals surface area contributed by atoms with E-state index in [0.29, 0.717) is 60.8 Å². The van der Waals surface area contributed by atoms with E-state index in [1.165, 1.54) is 24.5 Å². The lowest BCUT2D eigenvalue weighted by Gasteiger charge is -2.23. The average Bonchev–Trinajstić information content (AvgIpc) is 3.51. The number of thioether (sulfide) groups is 1. The Morgan fingerprint density at radius 2 is 1.95 bits per heavy atom. The number of nitrogens with zero attached hydrogens (tertiary/aromatic N) is 3. The van der Waals surface area contributed by atoms with Crippen molar-refractivity contribution in [2.24, 2.45) is 10.9 Å². The number of hydrogen-bond acceptors (Lipinski definition) is 7. The summed E-state index contributed by atoms with van der Waals surface area (Å²) in [6.45, 7) is 4.18. The number of anilines is 1. The summed E-state index contributed by atoms with van der Waals surface area (Å²) in [4.78, 5) is 45.9. The van der Waals surface area contributed by atoms with E-state index in [1.807, 2.05) is 6.92 Å². The van der Waals surface area contributed by atoms with Crippen LogP contribution in [0.1, 0.15) is 48.5 Å². The molecule has 3 N–H and O–H groups in total. The Hall–Kier alpha value is -3.91. The molecule has 2 amide bonds. The van der Waals surface area contributed by atoms with E-state index in [4.69, 9.17) is 4.74 Å². The number of aryl methyl sites for hydroxylation is 1. The first-order chi connectivity index (χ1) is 21.0. The van der Waals surface area contributed by atoms with E-state index in [9.17, 15) is 32.7 Å². The summed E-state index contributed by atoms with van der Waals surface area (Å²) < 4.78 is 47.7. The lowest BCUT2D eigenvalue weighted by atomic mass is 9.96. The van der Waals surface area contributed by atoms with Gasteiger partial charge in [0.05, 0.1) is 10.6 Å². The Kier molecular flexibility index (Phi) is 9.59. The van der Waals surface area contributed by atoms with Crippen molar-refractivity contribution < 1.29 is 32.6 Å². The number of carboxylic acid groups (broad SMARTS) is 1. The maximum atomic E-state index is 13.5. The van der Waals surface area contributed by atoms with Crippen molar-refractivity contribution in [1.29, 1.82) is 0 Å². The molecular formula is C30H32F3N5O5S. The first-order valence-electron chi connectivity index (χ1n) is 14.4. The van der Waals surface area contributed by atoms with Gasteiger partial charge in [-0.2, -0.15) is 13.2 Å². The van der Waals surface area contributed by atoms with Crippen molar-refractivity contribution in [2.75, 3.05) is 30.8 Å². The van der Waals surface area contributed by atoms with E-state index in [2.05, 4.69) is 20.6 Å². The number of hydrogen-bond donors (Lipinski definition) is 3. The monoisotopic (exact) mass is 631 g/mol. The van der Waals surface area contributed by atoms with Gasteiger partial charge in [-0.25, -0.2) is 14.6 Å². The van der Waals surface area contributed by atoms with Crippen molar-refractivity contribution in [3.05, 3.63) is 58.0 Å². The highest BCUT2D eigenvalue weighted by Crippen LogP contribution is 2.37. The molecule has 0 radical (unpaired) electrons. The van der Waals surface area contributed by atoms with Crippen LogP contribution in [0.5, 0.6) is 0 Å². The van der Waals surface area contributed by atoms with Gasteiger partial charge in [0.2, 0.25) is 5.43 Å². The Labute approximate surface area is 255 Å². The smallest absolute Gasteiger partial charge is 0.411 e. The first kappa shape index (κ1) is 31.5. The van der Waals surface area contributed by atoms with Crippen LogP contribution in [0.25, 0.3) is 22.0 Å². The molecule has 0 aliphatic carbocycles. The van der Waals surface area contributed by atoms with Crippen LogP contribution in [-0.2, 0) is 11.3 Å². The van der Waals surface area contributed by atoms with Crippen LogP contribution in [0.4, 0.5) is 23.8 Å². The van der Waals surface area contributed by atoms with Crippen molar-refractivity contribution >= 4 is 45.5 Å². The second-order valence-electron chi connectivity index (χ2n) is 10.7. The molecule has 3 aromatic rings. The standard InChI is InChI=1S/C30H32F3N5O5S/c1-2-8-34-29(42)37-25-13-19(27-36-24(16-44-27)30(31,32)33)21(14-35-25)18-3-4-23-20(12-18)26(39)22(28(40)41)15-38(23)9-5-17-6-10-43-11-7-17/h3-4,12-15,17,24H,2,5-11,16H2,1H3,(H,40,41)(H2,34,35,37,42). The zero-order valence-corrected chi connectivity index (χ0v) is 24.8. The Morgan fingerprint density at radius 3 is 2.64 bits per heavy atom. The van der Waals surface area contributed by atoms with Crippen molar-refractivity contribution in [1.82, 2.24) is 14.9 Å². The molecule has 1 fully saturated rings. The molecule has 5 rings (SSSR count). The zero-order valence-electron chi connectivity index (χ0n) is 23.9. The van der Waals surface area contributed by atoms with Crippen LogP contribution in [0.3, 0.4) is 0 Å². The fourth-order valence-corrected chi connectivity index (χ4v) is 6.38. The number of aliphatic imine (C=N–C) groups is 1. The lowest BCUT2D eigenvalue weighted by Crippen LogP contribution is -2.29. The highest BCUT2D eigenvalue weighted by Gasteiger charge is 2.43. The topological polar surface area (TPSA) is 135 Å². The number of alkyl halides is 3. The van der Waals surface area contributed by atoms with Gasteiger partial charge in [0.25, 0.3) is 0 Å². The number of amides is 2. The van der Waals surface area contributed by atoms with Crippen molar-refractivity contribution in [2.45, 2.75) is 51.4 Å². The molecule has 2 aliphatic rings. The summed E-state index contributed by atoms with van der Waals surface area (Å²) in [6.07, 6.45) is 1.56. The van der Waals surface area contributed by atoms with Crippen LogP contribution in [0.2, 0.25) is 0 Å². The largest absolute Gasteiger partial charge is 0.477 e. The summed E-state index contributed by atoms with van der Waals surface area (Å²) >= 11 is 0.938. The SMILES string of the molecule is CCCNC(=O)Nc1cc(C2=NC(C(F)(F)F)CS2)c(-c2ccc3c(c2)c(=O)c(C(=O)O)cn3CCC2CCOCC2)cn1. The number of carbonyl (C=O) groups is 2. The number of benzene rings is 1. The number of rotatable bonds is 9. The van der Waals surface area contributed by atoms with Gasteiger partial charge >= 0.3 is 18.2 Å². The van der Waals surface area contributed by atoms with Gasteiger partial charge in [-0.15, -0.1) is 11.8 Å². The van der Waals surface area contributed by atoms with Crippen molar-refractivity contribution in [3.63, 3.8) is 0 Å². The van der Waals surface area contributed by atoms with E-state index in [0.717, 1.165) is 31.0 Å². The third-order valence-corrected chi connectivity index (χ3v) is 8.76. The summed E-state index contributed by atoms with van der Waals surface area (Å²) in [7, 11) is 0. The quantitative estimate of drug-likeness (QED) is 0.283. The maximum absolute atomic E-state index is 13.5. The second kappa shape index (κ2) is 13.4. The average molecular weight is 632 g/mol. The van der Waals surface area contributed by atoms with Gasteiger partial charge < -0.3 is 19.7 Å². The molecule has 1 saturated heterocycles. The molecular weight excluding hydrogens is 599 g/mol. The molecule has 10 nitrogen and oxygen atoms in total. The van der Waals surface area contributed by atoms with Gasteiger partial charge in [0.1, 0.15) is 11.4 Å². The minimum absolute atomic E-state index is 0.112. The molecule has 2 aliphatic heterocycles. The molecule has 1 unspecified atom stereocenters. The number of carbonyl (C=O) groups excluding carboxylic acids is 1. The highest BCUT2D eigenvalue weighted by atomic mass is 32.2. The van der Waals surface area contributed by atoms with Crippen LogP contribution in [0.15, 0.2) is 46.4 Å². The number of aromatic carboxylic acids is 1. The van der Waals surface area contributed by atoms with Gasteiger partial charge in [0.15, 0.2) is 6.04 Å². The molecule has 4 heterocycles. The Balaban J connectivity index is 1.58. The van der Waals surface area contributed by atoms with Crippen LogP contribution in [-0.4, -0.2) is 69.4 Å². The van der Waals surface area contributed by atoms with Gasteiger partial charge in [0, 0.05) is 61.0 Å². The first-order valence-corrected chi connectivity index (χ1v) is 15.3.